The summed E-state index contributed by atoms with van der Waals surface area (Å²) in [6.45, 7) is 2.79. The van der Waals surface area contributed by atoms with E-state index in [2.05, 4.69) is 0 Å². The average molecular weight is 249 g/mol. The molecule has 1 aliphatic heterocycles. The summed E-state index contributed by atoms with van der Waals surface area (Å²) in [7, 11) is 0. The van der Waals surface area contributed by atoms with E-state index in [0.29, 0.717) is 6.54 Å². The minimum absolute atomic E-state index is 0.165. The molecule has 18 heavy (non-hydrogen) atoms. The van der Waals surface area contributed by atoms with Crippen molar-refractivity contribution in [3.05, 3.63) is 35.9 Å². The fourth-order valence-corrected chi connectivity index (χ4v) is 2.18. The van der Waals surface area contributed by atoms with Gasteiger partial charge in [0.25, 0.3) is 0 Å². The number of hydrogen-bond acceptors (Lipinski definition) is 3. The van der Waals surface area contributed by atoms with Crippen LogP contribution in [0.25, 0.3) is 0 Å². The monoisotopic (exact) mass is 249 g/mol. The van der Waals surface area contributed by atoms with E-state index in [4.69, 9.17) is 4.74 Å². The Morgan fingerprint density at radius 3 is 2.89 bits per heavy atom. The summed E-state index contributed by atoms with van der Waals surface area (Å²) in [6.07, 6.45) is 0.795. The van der Waals surface area contributed by atoms with E-state index >= 15 is 0 Å². The van der Waals surface area contributed by atoms with Crippen LogP contribution in [0.15, 0.2) is 30.3 Å². The second kappa shape index (κ2) is 5.87. The molecule has 1 fully saturated rings. The largest absolute Gasteiger partial charge is 0.445 e. The van der Waals surface area contributed by atoms with Gasteiger partial charge < -0.3 is 14.7 Å². The Bertz CT molecular complexity index is 393. The van der Waals surface area contributed by atoms with E-state index in [1.54, 1.807) is 4.90 Å². The third kappa shape index (κ3) is 3.01. The first-order valence-corrected chi connectivity index (χ1v) is 6.34. The molecule has 1 aromatic rings. The third-order valence-corrected chi connectivity index (χ3v) is 3.39. The van der Waals surface area contributed by atoms with E-state index in [0.717, 1.165) is 18.4 Å². The number of hydrogen-bond donors (Lipinski definition) is 1. The molecule has 1 heterocycles. The fraction of sp³-hybridized carbons (Fsp3) is 0.500. The van der Waals surface area contributed by atoms with Crippen molar-refractivity contribution in [3.63, 3.8) is 0 Å². The maximum Gasteiger partial charge on any atom is 0.410 e. The first-order valence-electron chi connectivity index (χ1n) is 6.34. The highest BCUT2D eigenvalue weighted by atomic mass is 16.6. The minimum atomic E-state index is -0.442. The number of aliphatic hydroxyl groups is 1. The lowest BCUT2D eigenvalue weighted by Gasteiger charge is -2.35. The van der Waals surface area contributed by atoms with Gasteiger partial charge >= 0.3 is 6.09 Å². The molecule has 0 aliphatic carbocycles. The predicted molar refractivity (Wildman–Crippen MR) is 68.0 cm³/mol. The summed E-state index contributed by atoms with van der Waals surface area (Å²) in [5, 5.41) is 9.73. The zero-order valence-electron chi connectivity index (χ0n) is 10.6. The number of rotatable bonds is 2. The Kier molecular flexibility index (Phi) is 4.20. The van der Waals surface area contributed by atoms with Crippen LogP contribution in [-0.2, 0) is 11.3 Å². The maximum atomic E-state index is 11.9. The third-order valence-electron chi connectivity index (χ3n) is 3.39. The van der Waals surface area contributed by atoms with Crippen molar-refractivity contribution in [2.45, 2.75) is 38.5 Å². The number of carbonyl (C=O) groups is 1. The van der Waals surface area contributed by atoms with Crippen LogP contribution in [0.4, 0.5) is 4.79 Å². The van der Waals surface area contributed by atoms with Crippen LogP contribution in [0.1, 0.15) is 25.3 Å². The van der Waals surface area contributed by atoms with Gasteiger partial charge in [0.1, 0.15) is 6.61 Å². The van der Waals surface area contributed by atoms with E-state index in [9.17, 15) is 9.90 Å². The van der Waals surface area contributed by atoms with E-state index in [-0.39, 0.29) is 18.7 Å². The number of amides is 1. The lowest BCUT2D eigenvalue weighted by molar-refractivity contribution is 0.0104. The molecular weight excluding hydrogens is 230 g/mol. The molecular formula is C14H19NO3. The van der Waals surface area contributed by atoms with Gasteiger partial charge in [-0.3, -0.25) is 0 Å². The first-order chi connectivity index (χ1) is 8.68. The molecule has 0 unspecified atom stereocenters. The number of carbonyl (C=O) groups excluding carboxylic acids is 1. The van der Waals surface area contributed by atoms with Crippen molar-refractivity contribution < 1.29 is 14.6 Å². The van der Waals surface area contributed by atoms with Crippen molar-refractivity contribution in [3.8, 4) is 0 Å². The highest BCUT2D eigenvalue weighted by Gasteiger charge is 2.30. The molecule has 1 amide bonds. The molecule has 1 aliphatic rings. The van der Waals surface area contributed by atoms with Gasteiger partial charge in [0, 0.05) is 6.54 Å². The van der Waals surface area contributed by atoms with Crippen molar-refractivity contribution in [1.82, 2.24) is 4.90 Å². The number of aliphatic hydroxyl groups excluding tert-OH is 1. The summed E-state index contributed by atoms with van der Waals surface area (Å²) in [5.41, 5.74) is 0.969. The molecule has 2 atom stereocenters. The van der Waals surface area contributed by atoms with Crippen molar-refractivity contribution in [2.24, 2.45) is 0 Å². The van der Waals surface area contributed by atoms with Gasteiger partial charge in [0.15, 0.2) is 0 Å². The molecule has 1 N–H and O–H groups in total. The molecule has 4 nitrogen and oxygen atoms in total. The smallest absolute Gasteiger partial charge is 0.410 e. The number of likely N-dealkylation sites (tertiary alicyclic amines) is 1. The standard InChI is InChI=1S/C14H19NO3/c1-11-13(16)8-5-9-15(11)14(17)18-10-12-6-3-2-4-7-12/h2-4,6-7,11,13,16H,5,8-10H2,1H3/t11-,13+/m1/s1. The normalized spacial score (nSPS) is 23.8. The quantitative estimate of drug-likeness (QED) is 0.874. The van der Waals surface area contributed by atoms with Gasteiger partial charge in [-0.15, -0.1) is 0 Å². The maximum absolute atomic E-state index is 11.9. The Hall–Kier alpha value is -1.55. The molecule has 0 aromatic heterocycles. The summed E-state index contributed by atoms with van der Waals surface area (Å²) >= 11 is 0. The van der Waals surface area contributed by atoms with Crippen LogP contribution in [-0.4, -0.2) is 34.8 Å². The molecule has 2 rings (SSSR count). The van der Waals surface area contributed by atoms with Crippen LogP contribution in [0, 0.1) is 0 Å². The first kappa shape index (κ1) is 12.9. The van der Waals surface area contributed by atoms with Crippen LogP contribution in [0.5, 0.6) is 0 Å². The second-order valence-electron chi connectivity index (χ2n) is 4.68. The summed E-state index contributed by atoms with van der Waals surface area (Å²) in [6, 6.07) is 9.42. The topological polar surface area (TPSA) is 49.8 Å². The summed E-state index contributed by atoms with van der Waals surface area (Å²) in [4.78, 5) is 13.5. The van der Waals surface area contributed by atoms with Crippen LogP contribution >= 0.6 is 0 Å². The van der Waals surface area contributed by atoms with Gasteiger partial charge in [-0.1, -0.05) is 30.3 Å². The lowest BCUT2D eigenvalue weighted by Crippen LogP contribution is -2.49. The van der Waals surface area contributed by atoms with E-state index < -0.39 is 6.10 Å². The molecule has 4 heteroatoms. The summed E-state index contributed by atoms with van der Waals surface area (Å²) < 4.78 is 5.26. The molecule has 98 valence electrons. The average Bonchev–Trinajstić information content (AvgIpc) is 2.40. The Balaban J connectivity index is 1.88. The fourth-order valence-electron chi connectivity index (χ4n) is 2.18. The van der Waals surface area contributed by atoms with Crippen LogP contribution < -0.4 is 0 Å². The second-order valence-corrected chi connectivity index (χ2v) is 4.68. The van der Waals surface area contributed by atoms with Crippen LogP contribution in [0.3, 0.4) is 0 Å². The molecule has 1 aromatic carbocycles. The highest BCUT2D eigenvalue weighted by Crippen LogP contribution is 2.18. The number of benzene rings is 1. The Labute approximate surface area is 107 Å². The van der Waals surface area contributed by atoms with Gasteiger partial charge in [-0.25, -0.2) is 4.79 Å². The lowest BCUT2D eigenvalue weighted by atomic mass is 10.0. The SMILES string of the molecule is C[C@@H]1[C@@H](O)CCCN1C(=O)OCc1ccccc1. The van der Waals surface area contributed by atoms with E-state index in [1.807, 2.05) is 37.3 Å². The zero-order valence-corrected chi connectivity index (χ0v) is 10.6. The Morgan fingerprint density at radius 2 is 2.17 bits per heavy atom. The minimum Gasteiger partial charge on any atom is -0.445 e. The van der Waals surface area contributed by atoms with Gasteiger partial charge in [-0.05, 0) is 25.3 Å². The van der Waals surface area contributed by atoms with Gasteiger partial charge in [0.05, 0.1) is 12.1 Å². The van der Waals surface area contributed by atoms with E-state index in [1.165, 1.54) is 0 Å². The van der Waals surface area contributed by atoms with Gasteiger partial charge in [0.2, 0.25) is 0 Å². The van der Waals surface area contributed by atoms with Crippen molar-refractivity contribution in [2.75, 3.05) is 6.54 Å². The molecule has 0 bridgehead atoms. The van der Waals surface area contributed by atoms with Crippen molar-refractivity contribution >= 4 is 6.09 Å². The number of nitrogens with zero attached hydrogens (tertiary/aromatic N) is 1. The Morgan fingerprint density at radius 1 is 1.44 bits per heavy atom. The molecule has 0 saturated carbocycles. The summed E-state index contributed by atoms with van der Waals surface area (Å²) in [5.74, 6) is 0. The van der Waals surface area contributed by atoms with Crippen molar-refractivity contribution in [1.29, 1.82) is 0 Å². The highest BCUT2D eigenvalue weighted by molar-refractivity contribution is 5.68. The predicted octanol–water partition coefficient (Wildman–Crippen LogP) is 2.17. The number of piperidine rings is 1. The molecule has 0 spiro atoms. The molecule has 0 radical (unpaired) electrons. The molecule has 1 saturated heterocycles. The van der Waals surface area contributed by atoms with Crippen LogP contribution in [0.2, 0.25) is 0 Å². The number of ether oxygens (including phenoxy) is 1. The van der Waals surface area contributed by atoms with Gasteiger partial charge in [-0.2, -0.15) is 0 Å². The zero-order chi connectivity index (χ0) is 13.0.